The van der Waals surface area contributed by atoms with Crippen LogP contribution in [-0.4, -0.2) is 37.2 Å². The normalized spacial score (nSPS) is 12.2. The molecule has 0 saturated carbocycles. The Balaban J connectivity index is 1.38. The Kier molecular flexibility index (Phi) is 9.56. The van der Waals surface area contributed by atoms with Crippen LogP contribution in [-0.2, 0) is 33.8 Å². The molecule has 11 heteroatoms. The minimum Gasteiger partial charge on any atom is -0.490 e. The first-order valence-electron chi connectivity index (χ1n) is 12.5. The highest BCUT2D eigenvalue weighted by molar-refractivity contribution is 7.17. The molecular formula is C28H28ClN3O6S. The summed E-state index contributed by atoms with van der Waals surface area (Å²) in [6, 6.07) is 12.6. The van der Waals surface area contributed by atoms with Gasteiger partial charge in [-0.05, 0) is 80.1 Å². The third-order valence-corrected chi connectivity index (χ3v) is 7.21. The first-order chi connectivity index (χ1) is 18.9. The number of rotatable bonds is 10. The van der Waals surface area contributed by atoms with Crippen LogP contribution in [0.1, 0.15) is 52.2 Å². The summed E-state index contributed by atoms with van der Waals surface area (Å²) < 4.78 is 16.7. The van der Waals surface area contributed by atoms with Crippen molar-refractivity contribution in [2.75, 3.05) is 18.5 Å². The number of thiophene rings is 1. The molecule has 1 heterocycles. The Hall–Kier alpha value is -3.89. The van der Waals surface area contributed by atoms with Gasteiger partial charge in [-0.2, -0.15) is 5.10 Å². The minimum atomic E-state index is -0.971. The fourth-order valence-electron chi connectivity index (χ4n) is 4.07. The number of ether oxygens (including phenoxy) is 3. The highest BCUT2D eigenvalue weighted by Gasteiger charge is 2.29. The van der Waals surface area contributed by atoms with Gasteiger partial charge in [0.1, 0.15) is 11.6 Å². The number of aryl methyl sites for hydroxylation is 1. The number of nitrogens with one attached hydrogen (secondary N) is 2. The van der Waals surface area contributed by atoms with Crippen LogP contribution in [0.4, 0.5) is 5.00 Å². The van der Waals surface area contributed by atoms with Crippen LogP contribution in [0.25, 0.3) is 0 Å². The number of halogens is 1. The van der Waals surface area contributed by atoms with Crippen molar-refractivity contribution in [1.82, 2.24) is 5.43 Å². The number of benzene rings is 2. The first kappa shape index (κ1) is 28.1. The molecule has 1 aliphatic carbocycles. The molecule has 2 N–H and O–H groups in total. The van der Waals surface area contributed by atoms with Gasteiger partial charge in [0.2, 0.25) is 0 Å². The first-order valence-corrected chi connectivity index (χ1v) is 13.7. The average molecular weight is 570 g/mol. The lowest BCUT2D eigenvalue weighted by Crippen LogP contribution is -2.32. The van der Waals surface area contributed by atoms with Crippen molar-refractivity contribution in [1.29, 1.82) is 0 Å². The molecule has 2 amide bonds. The maximum absolute atomic E-state index is 12.5. The number of fused-ring (bicyclic) bond motifs is 1. The van der Waals surface area contributed by atoms with Gasteiger partial charge in [-0.25, -0.2) is 10.2 Å². The van der Waals surface area contributed by atoms with Gasteiger partial charge in [0.15, 0.2) is 11.5 Å². The number of hydrogen-bond donors (Lipinski definition) is 2. The van der Waals surface area contributed by atoms with E-state index in [1.165, 1.54) is 17.6 Å². The molecule has 204 valence electrons. The molecule has 4 rings (SSSR count). The van der Waals surface area contributed by atoms with E-state index in [1.54, 1.807) is 31.2 Å². The van der Waals surface area contributed by atoms with E-state index in [1.807, 2.05) is 25.1 Å². The second-order valence-corrected chi connectivity index (χ2v) is 10.0. The number of amides is 2. The van der Waals surface area contributed by atoms with Crippen LogP contribution < -0.4 is 20.2 Å². The summed E-state index contributed by atoms with van der Waals surface area (Å²) in [5.74, 6) is -1.36. The maximum atomic E-state index is 12.5. The third kappa shape index (κ3) is 7.15. The number of nitrogens with zero attached hydrogens (tertiary/aromatic N) is 1. The van der Waals surface area contributed by atoms with E-state index < -0.39 is 17.8 Å². The lowest BCUT2D eigenvalue weighted by molar-refractivity contribution is -0.136. The van der Waals surface area contributed by atoms with Crippen molar-refractivity contribution < 1.29 is 28.6 Å². The monoisotopic (exact) mass is 569 g/mol. The smallest absolute Gasteiger partial charge is 0.341 e. The molecule has 2 aromatic carbocycles. The van der Waals surface area contributed by atoms with Crippen molar-refractivity contribution in [2.45, 2.75) is 39.7 Å². The van der Waals surface area contributed by atoms with Gasteiger partial charge >= 0.3 is 17.8 Å². The van der Waals surface area contributed by atoms with E-state index in [0.29, 0.717) is 45.9 Å². The van der Waals surface area contributed by atoms with Crippen LogP contribution in [0.15, 0.2) is 47.6 Å². The van der Waals surface area contributed by atoms with E-state index in [9.17, 15) is 14.4 Å². The molecule has 1 aromatic heterocycles. The molecule has 0 fully saturated rings. The predicted octanol–water partition coefficient (Wildman–Crippen LogP) is 5.13. The second kappa shape index (κ2) is 13.3. The van der Waals surface area contributed by atoms with Gasteiger partial charge in [-0.1, -0.05) is 23.7 Å². The molecule has 9 nitrogen and oxygen atoms in total. The van der Waals surface area contributed by atoms with Gasteiger partial charge in [0, 0.05) is 9.90 Å². The van der Waals surface area contributed by atoms with Crippen LogP contribution in [0, 0.1) is 0 Å². The van der Waals surface area contributed by atoms with E-state index >= 15 is 0 Å². The molecule has 3 aromatic rings. The van der Waals surface area contributed by atoms with Crippen molar-refractivity contribution >= 4 is 51.9 Å². The van der Waals surface area contributed by atoms with Crippen molar-refractivity contribution in [3.63, 3.8) is 0 Å². The van der Waals surface area contributed by atoms with E-state index in [2.05, 4.69) is 15.8 Å². The summed E-state index contributed by atoms with van der Waals surface area (Å²) in [4.78, 5) is 38.4. The Bertz CT molecular complexity index is 1400. The van der Waals surface area contributed by atoms with Crippen molar-refractivity contribution in [3.8, 4) is 11.5 Å². The van der Waals surface area contributed by atoms with E-state index in [4.69, 9.17) is 25.8 Å². The number of esters is 1. The summed E-state index contributed by atoms with van der Waals surface area (Å²) >= 11 is 7.33. The summed E-state index contributed by atoms with van der Waals surface area (Å²) in [5.41, 5.74) is 4.97. The summed E-state index contributed by atoms with van der Waals surface area (Å²) in [6.07, 6.45) is 3.89. The van der Waals surface area contributed by atoms with Crippen LogP contribution in [0.2, 0.25) is 5.02 Å². The minimum absolute atomic E-state index is 0.214. The predicted molar refractivity (Wildman–Crippen MR) is 150 cm³/mol. The van der Waals surface area contributed by atoms with E-state index in [0.717, 1.165) is 35.3 Å². The number of hydrazone groups is 1. The molecule has 0 bridgehead atoms. The van der Waals surface area contributed by atoms with Crippen molar-refractivity contribution in [2.24, 2.45) is 5.10 Å². The molecule has 0 unspecified atom stereocenters. The number of anilines is 1. The topological polar surface area (TPSA) is 115 Å². The third-order valence-electron chi connectivity index (χ3n) is 5.76. The SMILES string of the molecule is CCOC(=O)c1c(NC(=O)C(=O)N/N=C/c2ccc(OCc3cccc(Cl)c3)c(OCC)c2)sc2c1CCC2. The number of carbonyl (C=O) groups is 3. The summed E-state index contributed by atoms with van der Waals surface area (Å²) in [6.45, 7) is 4.52. The molecular weight excluding hydrogens is 542 g/mol. The molecule has 0 saturated heterocycles. The molecule has 0 radical (unpaired) electrons. The molecule has 0 spiro atoms. The molecule has 0 atom stereocenters. The Morgan fingerprint density at radius 2 is 1.87 bits per heavy atom. The lowest BCUT2D eigenvalue weighted by atomic mass is 10.1. The standard InChI is InChI=1S/C28H28ClN3O6S/c1-3-36-22-14-17(11-12-21(22)38-16-18-7-5-8-19(29)13-18)15-30-32-26(34)25(33)31-27-24(28(35)37-4-2)20-9-6-10-23(20)39-27/h5,7-8,11-15H,3-4,6,9-10,16H2,1-2H3,(H,31,33)(H,32,34)/b30-15+. The van der Waals surface area contributed by atoms with Crippen LogP contribution >= 0.6 is 22.9 Å². The Morgan fingerprint density at radius 3 is 2.64 bits per heavy atom. The fraction of sp³-hybridized carbons (Fsp3) is 0.286. The zero-order chi connectivity index (χ0) is 27.8. The van der Waals surface area contributed by atoms with Crippen LogP contribution in [0.3, 0.4) is 0 Å². The van der Waals surface area contributed by atoms with Gasteiger partial charge in [-0.3, -0.25) is 9.59 Å². The summed E-state index contributed by atoms with van der Waals surface area (Å²) in [5, 5.41) is 7.37. The van der Waals surface area contributed by atoms with Gasteiger partial charge < -0.3 is 19.5 Å². The maximum Gasteiger partial charge on any atom is 0.341 e. The zero-order valence-corrected chi connectivity index (χ0v) is 23.1. The number of hydrogen-bond acceptors (Lipinski definition) is 8. The van der Waals surface area contributed by atoms with Gasteiger partial charge in [0.05, 0.1) is 25.0 Å². The average Bonchev–Trinajstić information content (AvgIpc) is 3.49. The highest BCUT2D eigenvalue weighted by atomic mass is 35.5. The zero-order valence-electron chi connectivity index (χ0n) is 21.5. The van der Waals surface area contributed by atoms with Crippen molar-refractivity contribution in [3.05, 3.63) is 74.6 Å². The van der Waals surface area contributed by atoms with Gasteiger partial charge in [-0.15, -0.1) is 11.3 Å². The quantitative estimate of drug-likeness (QED) is 0.151. The highest BCUT2D eigenvalue weighted by Crippen LogP contribution is 2.39. The second-order valence-electron chi connectivity index (χ2n) is 8.49. The largest absolute Gasteiger partial charge is 0.490 e. The number of carbonyl (C=O) groups excluding carboxylic acids is 3. The fourth-order valence-corrected chi connectivity index (χ4v) is 5.55. The van der Waals surface area contributed by atoms with Crippen LogP contribution in [0.5, 0.6) is 11.5 Å². The molecule has 39 heavy (non-hydrogen) atoms. The summed E-state index contributed by atoms with van der Waals surface area (Å²) in [7, 11) is 0. The van der Waals surface area contributed by atoms with E-state index in [-0.39, 0.29) is 6.61 Å². The Morgan fingerprint density at radius 1 is 1.03 bits per heavy atom. The Labute approximate surface area is 235 Å². The van der Waals surface area contributed by atoms with Gasteiger partial charge in [0.25, 0.3) is 0 Å². The molecule has 0 aliphatic heterocycles. The lowest BCUT2D eigenvalue weighted by Gasteiger charge is -2.12. The molecule has 1 aliphatic rings.